The van der Waals surface area contributed by atoms with Gasteiger partial charge in [-0.3, -0.25) is 9.25 Å². The van der Waals surface area contributed by atoms with E-state index in [0.717, 1.165) is 46.6 Å². The highest BCUT2D eigenvalue weighted by Crippen LogP contribution is 2.18. The summed E-state index contributed by atoms with van der Waals surface area (Å²) < 4.78 is 10.2. The van der Waals surface area contributed by atoms with Gasteiger partial charge in [0.15, 0.2) is 10.4 Å². The third-order valence-electron chi connectivity index (χ3n) is 3.12. The van der Waals surface area contributed by atoms with Gasteiger partial charge in [0.1, 0.15) is 5.52 Å². The van der Waals surface area contributed by atoms with E-state index in [1.165, 1.54) is 0 Å². The first-order valence-corrected chi connectivity index (χ1v) is 7.32. The summed E-state index contributed by atoms with van der Waals surface area (Å²) in [5.74, 6) is 0. The molecule has 2 aromatic rings. The lowest BCUT2D eigenvalue weighted by atomic mass is 10.2. The zero-order valence-electron chi connectivity index (χ0n) is 12.4. The van der Waals surface area contributed by atoms with Crippen LogP contribution >= 0.6 is 12.2 Å². The summed E-state index contributed by atoms with van der Waals surface area (Å²) >= 11 is 5.40. The molecule has 2 aromatic heterocycles. The first-order valence-electron chi connectivity index (χ1n) is 6.91. The van der Waals surface area contributed by atoms with E-state index in [2.05, 4.69) is 28.2 Å². The Morgan fingerprint density at radius 2 is 2.25 bits per heavy atom. The zero-order chi connectivity index (χ0) is 14.7. The number of H-pyrrole nitrogens is 1. The minimum absolute atomic E-state index is 0.591. The Labute approximate surface area is 124 Å². The zero-order valence-corrected chi connectivity index (χ0v) is 13.2. The van der Waals surface area contributed by atoms with Crippen LogP contribution in [0.4, 0.5) is 0 Å². The molecule has 2 rings (SSSR count). The first kappa shape index (κ1) is 15.0. The molecule has 0 atom stereocenters. The van der Waals surface area contributed by atoms with Crippen LogP contribution in [0.3, 0.4) is 0 Å². The summed E-state index contributed by atoms with van der Waals surface area (Å²) in [5.41, 5.74) is 4.20. The number of fused-ring (bicyclic) bond motifs is 1. The Kier molecular flexibility index (Phi) is 4.77. The summed E-state index contributed by atoms with van der Waals surface area (Å²) in [4.78, 5) is 3.27. The number of aromatic amines is 1. The maximum absolute atomic E-state index is 5.56. The van der Waals surface area contributed by atoms with Gasteiger partial charge in [-0.1, -0.05) is 25.5 Å². The molecule has 0 saturated carbocycles. The van der Waals surface area contributed by atoms with Gasteiger partial charge in [-0.2, -0.15) is 5.10 Å². The molecule has 5 nitrogen and oxygen atoms in total. The van der Waals surface area contributed by atoms with E-state index in [4.69, 9.17) is 17.0 Å². The quantitative estimate of drug-likeness (QED) is 0.485. The molecule has 0 aliphatic heterocycles. The van der Waals surface area contributed by atoms with Gasteiger partial charge < -0.3 is 9.72 Å². The number of ether oxygens (including phenoxy) is 1. The summed E-state index contributed by atoms with van der Waals surface area (Å²) in [5, 5.41) is 4.56. The standard InChI is InChI=1S/C14H22N4OS/c1-5-6-11-12-13(17(4)16-11)18(14(20)15-12)7-8-19-9-10(2)3/h2,5-9H2,1,3-4H3,(H,15,20). The lowest BCUT2D eigenvalue weighted by molar-refractivity contribution is 0.147. The highest BCUT2D eigenvalue weighted by molar-refractivity contribution is 7.71. The summed E-state index contributed by atoms with van der Waals surface area (Å²) in [6.45, 7) is 9.85. The molecule has 0 aromatic carbocycles. The molecule has 110 valence electrons. The third-order valence-corrected chi connectivity index (χ3v) is 3.44. The normalized spacial score (nSPS) is 11.3. The molecule has 1 N–H and O–H groups in total. The van der Waals surface area contributed by atoms with Gasteiger partial charge in [0.05, 0.1) is 25.5 Å². The largest absolute Gasteiger partial charge is 0.375 e. The lowest BCUT2D eigenvalue weighted by Gasteiger charge is -2.06. The van der Waals surface area contributed by atoms with Crippen molar-refractivity contribution in [3.63, 3.8) is 0 Å². The van der Waals surface area contributed by atoms with Gasteiger partial charge in [0, 0.05) is 7.05 Å². The molecule has 6 heteroatoms. The summed E-state index contributed by atoms with van der Waals surface area (Å²) in [7, 11) is 1.95. The van der Waals surface area contributed by atoms with Crippen LogP contribution in [0.2, 0.25) is 0 Å². The molecule has 0 unspecified atom stereocenters. The van der Waals surface area contributed by atoms with Gasteiger partial charge >= 0.3 is 0 Å². The minimum atomic E-state index is 0.591. The smallest absolute Gasteiger partial charge is 0.179 e. The van der Waals surface area contributed by atoms with Crippen molar-refractivity contribution < 1.29 is 4.74 Å². The van der Waals surface area contributed by atoms with E-state index in [0.29, 0.717) is 13.2 Å². The van der Waals surface area contributed by atoms with Crippen LogP contribution in [0.1, 0.15) is 26.0 Å². The van der Waals surface area contributed by atoms with Crippen molar-refractivity contribution in [2.24, 2.45) is 7.05 Å². The number of hydrogen-bond acceptors (Lipinski definition) is 3. The molecular formula is C14H22N4OS. The monoisotopic (exact) mass is 294 g/mol. The number of nitrogens with one attached hydrogen (secondary N) is 1. The Bertz CT molecular complexity index is 665. The average molecular weight is 294 g/mol. The molecule has 0 amide bonds. The molecule has 0 radical (unpaired) electrons. The predicted octanol–water partition coefficient (Wildman–Crippen LogP) is 2.98. The van der Waals surface area contributed by atoms with Crippen molar-refractivity contribution in [2.75, 3.05) is 13.2 Å². The Morgan fingerprint density at radius 3 is 2.90 bits per heavy atom. The van der Waals surface area contributed by atoms with Crippen molar-refractivity contribution in [1.82, 2.24) is 19.3 Å². The van der Waals surface area contributed by atoms with E-state index in [1.807, 2.05) is 18.7 Å². The van der Waals surface area contributed by atoms with Crippen molar-refractivity contribution in [2.45, 2.75) is 33.2 Å². The van der Waals surface area contributed by atoms with Crippen molar-refractivity contribution in [1.29, 1.82) is 0 Å². The molecule has 20 heavy (non-hydrogen) atoms. The molecule has 0 saturated heterocycles. The second kappa shape index (κ2) is 6.37. The van der Waals surface area contributed by atoms with Crippen molar-refractivity contribution in [3.8, 4) is 0 Å². The Hall–Kier alpha value is -1.40. The van der Waals surface area contributed by atoms with Crippen LogP contribution in [-0.4, -0.2) is 32.5 Å². The van der Waals surface area contributed by atoms with E-state index in [-0.39, 0.29) is 0 Å². The Balaban J connectivity index is 2.22. The van der Waals surface area contributed by atoms with Gasteiger partial charge in [-0.25, -0.2) is 0 Å². The Morgan fingerprint density at radius 1 is 1.50 bits per heavy atom. The summed E-state index contributed by atoms with van der Waals surface area (Å²) in [6, 6.07) is 0. The van der Waals surface area contributed by atoms with Gasteiger partial charge in [-0.15, -0.1) is 0 Å². The van der Waals surface area contributed by atoms with E-state index < -0.39 is 0 Å². The van der Waals surface area contributed by atoms with Gasteiger partial charge in [0.2, 0.25) is 0 Å². The van der Waals surface area contributed by atoms with Crippen molar-refractivity contribution >= 4 is 23.4 Å². The van der Waals surface area contributed by atoms with Gasteiger partial charge in [0.25, 0.3) is 0 Å². The number of hydrogen-bond donors (Lipinski definition) is 1. The third kappa shape index (κ3) is 3.02. The van der Waals surface area contributed by atoms with Crippen LogP contribution in [-0.2, 0) is 24.8 Å². The SMILES string of the molecule is C=C(C)COCCn1c(=S)[nH]c2c(CCC)nn(C)c21. The van der Waals surface area contributed by atoms with Crippen LogP contribution in [0.5, 0.6) is 0 Å². The number of aromatic nitrogens is 4. The highest BCUT2D eigenvalue weighted by atomic mass is 32.1. The maximum atomic E-state index is 5.56. The second-order valence-electron chi connectivity index (χ2n) is 5.11. The topological polar surface area (TPSA) is 47.8 Å². The predicted molar refractivity (Wildman–Crippen MR) is 83.5 cm³/mol. The molecule has 0 bridgehead atoms. The van der Waals surface area contributed by atoms with Crippen LogP contribution in [0.25, 0.3) is 11.2 Å². The number of aryl methyl sites for hydroxylation is 2. The maximum Gasteiger partial charge on any atom is 0.179 e. The summed E-state index contributed by atoms with van der Waals surface area (Å²) in [6.07, 6.45) is 2.03. The minimum Gasteiger partial charge on any atom is -0.375 e. The highest BCUT2D eigenvalue weighted by Gasteiger charge is 2.14. The number of nitrogens with zero attached hydrogens (tertiary/aromatic N) is 3. The molecule has 0 fully saturated rings. The molecular weight excluding hydrogens is 272 g/mol. The second-order valence-corrected chi connectivity index (χ2v) is 5.50. The number of rotatable bonds is 7. The van der Waals surface area contributed by atoms with E-state index in [1.54, 1.807) is 0 Å². The average Bonchev–Trinajstić information content (AvgIpc) is 2.85. The molecule has 0 aliphatic rings. The molecule has 2 heterocycles. The van der Waals surface area contributed by atoms with E-state index in [9.17, 15) is 0 Å². The molecule has 0 spiro atoms. The first-order chi connectivity index (χ1) is 9.54. The van der Waals surface area contributed by atoms with E-state index >= 15 is 0 Å². The van der Waals surface area contributed by atoms with Crippen LogP contribution < -0.4 is 0 Å². The van der Waals surface area contributed by atoms with Crippen LogP contribution in [0.15, 0.2) is 12.2 Å². The fourth-order valence-corrected chi connectivity index (χ4v) is 2.58. The van der Waals surface area contributed by atoms with Crippen molar-refractivity contribution in [3.05, 3.63) is 22.6 Å². The fraction of sp³-hybridized carbons (Fsp3) is 0.571. The lowest BCUT2D eigenvalue weighted by Crippen LogP contribution is -2.09. The fourth-order valence-electron chi connectivity index (χ4n) is 2.30. The molecule has 0 aliphatic carbocycles. The number of imidazole rings is 1. The van der Waals surface area contributed by atoms with Crippen LogP contribution in [0, 0.1) is 4.77 Å². The van der Waals surface area contributed by atoms with Gasteiger partial charge in [-0.05, 0) is 25.6 Å².